The second kappa shape index (κ2) is 8.62. The summed E-state index contributed by atoms with van der Waals surface area (Å²) in [5.74, 6) is -0.336. The van der Waals surface area contributed by atoms with Crippen LogP contribution in [0.5, 0.6) is 11.5 Å². The number of benzene rings is 1. The zero-order valence-electron chi connectivity index (χ0n) is 12.3. The van der Waals surface area contributed by atoms with Crippen molar-refractivity contribution in [1.82, 2.24) is 4.90 Å². The van der Waals surface area contributed by atoms with Gasteiger partial charge in [0.1, 0.15) is 0 Å². The molecule has 0 aromatic heterocycles. The van der Waals surface area contributed by atoms with Crippen LogP contribution in [0.1, 0.15) is 12.0 Å². The fourth-order valence-corrected chi connectivity index (χ4v) is 1.66. The number of hydrogen-bond acceptors (Lipinski definition) is 4. The number of nitriles is 1. The van der Waals surface area contributed by atoms with E-state index in [1.54, 1.807) is 13.1 Å². The standard InChI is InChI=1S/C15H16F2N2O3/c1-19(10-4-9-18)13(20)8-7-11-5-3-6-12(21-2)14(11)22-15(16)17/h3,5-8,15H,4,10H2,1-2H3/b8-7-. The molecule has 1 aromatic carbocycles. The number of alkyl halides is 2. The van der Waals surface area contributed by atoms with Crippen LogP contribution in [-0.2, 0) is 4.79 Å². The fraction of sp³-hybridized carbons (Fsp3) is 0.333. The molecule has 0 bridgehead atoms. The van der Waals surface area contributed by atoms with E-state index in [1.807, 2.05) is 6.07 Å². The molecule has 0 atom stereocenters. The third kappa shape index (κ3) is 5.05. The van der Waals surface area contributed by atoms with Crippen LogP contribution in [0, 0.1) is 11.3 Å². The maximum Gasteiger partial charge on any atom is 0.387 e. The second-order valence-electron chi connectivity index (χ2n) is 4.26. The quantitative estimate of drug-likeness (QED) is 0.726. The van der Waals surface area contributed by atoms with Gasteiger partial charge in [-0.05, 0) is 12.1 Å². The van der Waals surface area contributed by atoms with Crippen LogP contribution in [0.15, 0.2) is 24.3 Å². The zero-order valence-corrected chi connectivity index (χ0v) is 12.3. The monoisotopic (exact) mass is 310 g/mol. The molecule has 0 spiro atoms. The van der Waals surface area contributed by atoms with Crippen molar-refractivity contribution in [2.45, 2.75) is 13.0 Å². The molecule has 0 saturated heterocycles. The van der Waals surface area contributed by atoms with E-state index in [1.165, 1.54) is 36.3 Å². The highest BCUT2D eigenvalue weighted by molar-refractivity contribution is 5.92. The molecule has 0 aliphatic rings. The average molecular weight is 310 g/mol. The summed E-state index contributed by atoms with van der Waals surface area (Å²) < 4.78 is 34.4. The minimum Gasteiger partial charge on any atom is -0.493 e. The van der Waals surface area contributed by atoms with Gasteiger partial charge in [-0.25, -0.2) is 0 Å². The lowest BCUT2D eigenvalue weighted by atomic mass is 10.1. The topological polar surface area (TPSA) is 62.6 Å². The molecular formula is C15H16F2N2O3. The Balaban J connectivity index is 2.94. The number of methoxy groups -OCH3 is 1. The molecule has 0 aliphatic heterocycles. The Bertz CT molecular complexity index is 583. The highest BCUT2D eigenvalue weighted by Gasteiger charge is 2.14. The summed E-state index contributed by atoms with van der Waals surface area (Å²) in [6.07, 6.45) is 2.81. The third-order valence-corrected chi connectivity index (χ3v) is 2.78. The molecule has 0 aliphatic carbocycles. The summed E-state index contributed by atoms with van der Waals surface area (Å²) >= 11 is 0. The maximum atomic E-state index is 12.5. The van der Waals surface area contributed by atoms with Gasteiger partial charge in [0, 0.05) is 25.2 Å². The van der Waals surface area contributed by atoms with Crippen molar-refractivity contribution in [2.75, 3.05) is 20.7 Å². The van der Waals surface area contributed by atoms with Gasteiger partial charge >= 0.3 is 6.61 Å². The normalized spacial score (nSPS) is 10.5. The van der Waals surface area contributed by atoms with Crippen molar-refractivity contribution in [3.63, 3.8) is 0 Å². The highest BCUT2D eigenvalue weighted by Crippen LogP contribution is 2.33. The lowest BCUT2D eigenvalue weighted by Gasteiger charge is -2.14. The van der Waals surface area contributed by atoms with Gasteiger partial charge in [-0.15, -0.1) is 0 Å². The first-order chi connectivity index (χ1) is 10.5. The van der Waals surface area contributed by atoms with Crippen LogP contribution in [0.4, 0.5) is 8.78 Å². The molecule has 5 nitrogen and oxygen atoms in total. The molecule has 0 fully saturated rings. The Morgan fingerprint density at radius 3 is 2.82 bits per heavy atom. The van der Waals surface area contributed by atoms with E-state index >= 15 is 0 Å². The lowest BCUT2D eigenvalue weighted by molar-refractivity contribution is -0.124. The molecule has 118 valence electrons. The third-order valence-electron chi connectivity index (χ3n) is 2.78. The Hall–Kier alpha value is -2.62. The molecule has 1 aromatic rings. The molecule has 0 radical (unpaired) electrons. The highest BCUT2D eigenvalue weighted by atomic mass is 19.3. The Labute approximate surface area is 127 Å². The summed E-state index contributed by atoms with van der Waals surface area (Å²) in [7, 11) is 2.88. The molecular weight excluding hydrogens is 294 g/mol. The van der Waals surface area contributed by atoms with E-state index < -0.39 is 6.61 Å². The summed E-state index contributed by atoms with van der Waals surface area (Å²) in [4.78, 5) is 13.2. The molecule has 0 saturated carbocycles. The smallest absolute Gasteiger partial charge is 0.387 e. The predicted molar refractivity (Wildman–Crippen MR) is 76.5 cm³/mol. The second-order valence-corrected chi connectivity index (χ2v) is 4.26. The molecule has 0 N–H and O–H groups in total. The van der Waals surface area contributed by atoms with Gasteiger partial charge in [-0.3, -0.25) is 4.79 Å². The van der Waals surface area contributed by atoms with E-state index in [9.17, 15) is 13.6 Å². The van der Waals surface area contributed by atoms with Crippen molar-refractivity contribution in [1.29, 1.82) is 5.26 Å². The lowest BCUT2D eigenvalue weighted by Crippen LogP contribution is -2.25. The molecule has 22 heavy (non-hydrogen) atoms. The summed E-state index contributed by atoms with van der Waals surface area (Å²) in [6, 6.07) is 6.54. The summed E-state index contributed by atoms with van der Waals surface area (Å²) in [5, 5.41) is 8.48. The van der Waals surface area contributed by atoms with Crippen LogP contribution in [0.2, 0.25) is 0 Å². The van der Waals surface area contributed by atoms with Crippen molar-refractivity contribution >= 4 is 12.0 Å². The van der Waals surface area contributed by atoms with Crippen LogP contribution in [0.25, 0.3) is 6.08 Å². The van der Waals surface area contributed by atoms with E-state index in [0.717, 1.165) is 0 Å². The summed E-state index contributed by atoms with van der Waals surface area (Å²) in [6.45, 7) is -2.71. The number of carbonyl (C=O) groups is 1. The number of hydrogen-bond donors (Lipinski definition) is 0. The van der Waals surface area contributed by atoms with Gasteiger partial charge in [-0.1, -0.05) is 12.1 Å². The molecule has 0 heterocycles. The van der Waals surface area contributed by atoms with Crippen LogP contribution >= 0.6 is 0 Å². The number of rotatable bonds is 7. The molecule has 1 amide bonds. The summed E-state index contributed by atoms with van der Waals surface area (Å²) in [5.41, 5.74) is 0.293. The van der Waals surface area contributed by atoms with Crippen molar-refractivity contribution in [2.24, 2.45) is 0 Å². The largest absolute Gasteiger partial charge is 0.493 e. The van der Waals surface area contributed by atoms with Crippen LogP contribution in [0.3, 0.4) is 0 Å². The number of nitrogens with zero attached hydrogens (tertiary/aromatic N) is 2. The first-order valence-corrected chi connectivity index (χ1v) is 6.41. The van der Waals surface area contributed by atoms with Gasteiger partial charge in [0.25, 0.3) is 0 Å². The van der Waals surface area contributed by atoms with E-state index in [4.69, 9.17) is 10.00 Å². The molecule has 1 rings (SSSR count). The number of para-hydroxylation sites is 1. The van der Waals surface area contributed by atoms with Gasteiger partial charge in [0.15, 0.2) is 11.5 Å². The Kier molecular flexibility index (Phi) is 6.83. The minimum absolute atomic E-state index is 0.135. The number of likely N-dealkylation sites (N-methyl/N-ethyl adjacent to an activating group) is 1. The average Bonchev–Trinajstić information content (AvgIpc) is 2.50. The first-order valence-electron chi connectivity index (χ1n) is 6.41. The van der Waals surface area contributed by atoms with Crippen LogP contribution in [-0.4, -0.2) is 38.1 Å². The fourth-order valence-electron chi connectivity index (χ4n) is 1.66. The van der Waals surface area contributed by atoms with Crippen LogP contribution < -0.4 is 9.47 Å². The van der Waals surface area contributed by atoms with Crippen molar-refractivity contribution < 1.29 is 23.0 Å². The number of halogens is 2. The number of carbonyl (C=O) groups excluding carboxylic acids is 1. The van der Waals surface area contributed by atoms with E-state index in [2.05, 4.69) is 4.74 Å². The Morgan fingerprint density at radius 1 is 1.50 bits per heavy atom. The molecule has 0 unspecified atom stereocenters. The van der Waals surface area contributed by atoms with Crippen molar-refractivity contribution in [3.8, 4) is 17.6 Å². The zero-order chi connectivity index (χ0) is 16.5. The van der Waals surface area contributed by atoms with Crippen molar-refractivity contribution in [3.05, 3.63) is 29.8 Å². The number of amides is 1. The predicted octanol–water partition coefficient (Wildman–Crippen LogP) is 2.68. The first kappa shape index (κ1) is 17.4. The van der Waals surface area contributed by atoms with E-state index in [-0.39, 0.29) is 30.4 Å². The van der Waals surface area contributed by atoms with Gasteiger partial charge < -0.3 is 14.4 Å². The Morgan fingerprint density at radius 2 is 2.23 bits per heavy atom. The SMILES string of the molecule is COc1cccc(/C=C\C(=O)N(C)CCC#N)c1OC(F)F. The van der Waals surface area contributed by atoms with Gasteiger partial charge in [0.05, 0.1) is 19.6 Å². The maximum absolute atomic E-state index is 12.5. The molecule has 7 heteroatoms. The number of ether oxygens (including phenoxy) is 2. The van der Waals surface area contributed by atoms with E-state index in [0.29, 0.717) is 5.56 Å². The van der Waals surface area contributed by atoms with Gasteiger partial charge in [0.2, 0.25) is 5.91 Å². The van der Waals surface area contributed by atoms with Gasteiger partial charge in [-0.2, -0.15) is 14.0 Å². The minimum atomic E-state index is -3.00.